The zero-order valence-corrected chi connectivity index (χ0v) is 6.74. The van der Waals surface area contributed by atoms with Crippen molar-refractivity contribution < 1.29 is 18.7 Å². The largest absolute Gasteiger partial charge is 0.481 e. The Morgan fingerprint density at radius 1 is 1.67 bits per heavy atom. The van der Waals surface area contributed by atoms with E-state index in [2.05, 4.69) is 21.5 Å². The summed E-state index contributed by atoms with van der Waals surface area (Å²) in [6, 6.07) is 0. The van der Waals surface area contributed by atoms with Crippen LogP contribution in [0.15, 0.2) is 0 Å². The monoisotopic (exact) mass is 170 g/mol. The number of rotatable bonds is 2. The normalized spacial score (nSPS) is 16.3. The van der Waals surface area contributed by atoms with E-state index in [0.717, 1.165) is 7.11 Å². The van der Waals surface area contributed by atoms with Crippen LogP contribution in [0.4, 0.5) is 0 Å². The molecule has 1 atom stereocenters. The first kappa shape index (κ1) is 9.04. The van der Waals surface area contributed by atoms with Crippen molar-refractivity contribution in [3.63, 3.8) is 0 Å². The van der Waals surface area contributed by atoms with Gasteiger partial charge in [-0.3, -0.25) is 4.57 Å². The minimum atomic E-state index is -3.76. The summed E-state index contributed by atoms with van der Waals surface area (Å²) < 4.78 is 19.0. The van der Waals surface area contributed by atoms with Gasteiger partial charge in [-0.05, 0) is 12.2 Å². The number of thiocarbonyl (C=S) groups is 1. The van der Waals surface area contributed by atoms with Crippen LogP contribution in [-0.2, 0) is 13.8 Å². The highest BCUT2D eigenvalue weighted by Gasteiger charge is 2.24. The van der Waals surface area contributed by atoms with Gasteiger partial charge in [-0.1, -0.05) is 0 Å². The second kappa shape index (κ2) is 3.27. The van der Waals surface area contributed by atoms with Crippen molar-refractivity contribution in [3.8, 4) is 0 Å². The molecule has 0 aliphatic rings. The molecule has 0 aromatic rings. The lowest BCUT2D eigenvalue weighted by Crippen LogP contribution is -1.99. The molecular weight excluding hydrogens is 163 g/mol. The van der Waals surface area contributed by atoms with Gasteiger partial charge in [-0.2, -0.15) is 0 Å². The standard InChI is InChI=1S/C3H7O4PS/c1-6-3(9)8(4,5)7-2/h1-2H3,(H,4,5). The van der Waals surface area contributed by atoms with E-state index in [-0.39, 0.29) is 0 Å². The zero-order chi connectivity index (χ0) is 7.49. The number of hydrogen-bond acceptors (Lipinski definition) is 4. The van der Waals surface area contributed by atoms with Crippen LogP contribution in [0, 0.1) is 0 Å². The maximum Gasteiger partial charge on any atom is 0.404 e. The molecule has 6 heteroatoms. The molecule has 0 heterocycles. The molecule has 0 bridgehead atoms. The van der Waals surface area contributed by atoms with E-state index in [4.69, 9.17) is 4.89 Å². The molecule has 0 aliphatic carbocycles. The molecule has 54 valence electrons. The first-order valence-corrected chi connectivity index (χ1v) is 4.00. The van der Waals surface area contributed by atoms with Crippen LogP contribution < -0.4 is 0 Å². The van der Waals surface area contributed by atoms with Crippen LogP contribution in [0.2, 0.25) is 0 Å². The third-order valence-electron chi connectivity index (χ3n) is 0.653. The van der Waals surface area contributed by atoms with Crippen molar-refractivity contribution in [1.82, 2.24) is 0 Å². The molecule has 0 saturated carbocycles. The van der Waals surface area contributed by atoms with Gasteiger partial charge < -0.3 is 14.2 Å². The first-order valence-electron chi connectivity index (χ1n) is 2.01. The molecule has 0 saturated heterocycles. The Labute approximate surface area is 58.3 Å². The van der Waals surface area contributed by atoms with Crippen LogP contribution >= 0.6 is 19.8 Å². The van der Waals surface area contributed by atoms with E-state index < -0.39 is 12.4 Å². The molecule has 0 amide bonds. The summed E-state index contributed by atoms with van der Waals surface area (Å²) in [5.74, 6) is 0. The molecule has 0 aromatic heterocycles. The van der Waals surface area contributed by atoms with Crippen LogP contribution in [0.1, 0.15) is 0 Å². The van der Waals surface area contributed by atoms with Gasteiger partial charge in [0, 0.05) is 7.11 Å². The van der Waals surface area contributed by atoms with Crippen molar-refractivity contribution in [3.05, 3.63) is 0 Å². The van der Waals surface area contributed by atoms with Crippen molar-refractivity contribution >= 4 is 24.6 Å². The highest BCUT2D eigenvalue weighted by atomic mass is 32.1. The van der Waals surface area contributed by atoms with Gasteiger partial charge in [0.1, 0.15) is 0 Å². The summed E-state index contributed by atoms with van der Waals surface area (Å²) in [5.41, 5.74) is 0. The smallest absolute Gasteiger partial charge is 0.404 e. The van der Waals surface area contributed by atoms with E-state index in [1.807, 2.05) is 0 Å². The molecular formula is C3H7O4PS. The van der Waals surface area contributed by atoms with Gasteiger partial charge in [0.25, 0.3) is 4.79 Å². The summed E-state index contributed by atoms with van der Waals surface area (Å²) in [7, 11) is -1.45. The molecule has 0 radical (unpaired) electrons. The van der Waals surface area contributed by atoms with Crippen molar-refractivity contribution in [1.29, 1.82) is 0 Å². The van der Waals surface area contributed by atoms with E-state index in [1.54, 1.807) is 0 Å². The van der Waals surface area contributed by atoms with Gasteiger partial charge >= 0.3 is 7.60 Å². The molecule has 0 aromatic carbocycles. The SMILES string of the molecule is COC(=S)P(=O)(O)OC. The Balaban J connectivity index is 4.16. The van der Waals surface area contributed by atoms with Gasteiger partial charge in [0.05, 0.1) is 7.11 Å². The molecule has 1 unspecified atom stereocenters. The Morgan fingerprint density at radius 3 is 2.22 bits per heavy atom. The van der Waals surface area contributed by atoms with Crippen LogP contribution in [-0.4, -0.2) is 23.9 Å². The highest BCUT2D eigenvalue weighted by molar-refractivity contribution is 7.96. The number of hydrogen-bond donors (Lipinski definition) is 1. The minimum Gasteiger partial charge on any atom is -0.481 e. The second-order valence-electron chi connectivity index (χ2n) is 1.17. The van der Waals surface area contributed by atoms with Gasteiger partial charge in [-0.15, -0.1) is 0 Å². The van der Waals surface area contributed by atoms with Crippen LogP contribution in [0.5, 0.6) is 0 Å². The predicted octanol–water partition coefficient (Wildman–Crippen LogP) is 0.749. The average Bonchev–Trinajstić information content (AvgIpc) is 1.86. The Kier molecular flexibility index (Phi) is 3.28. The number of ether oxygens (including phenoxy) is 1. The Morgan fingerprint density at radius 2 is 2.11 bits per heavy atom. The third kappa shape index (κ3) is 2.41. The van der Waals surface area contributed by atoms with Crippen LogP contribution in [0.3, 0.4) is 0 Å². The lowest BCUT2D eigenvalue weighted by Gasteiger charge is -2.06. The summed E-state index contributed by atoms with van der Waals surface area (Å²) in [4.78, 5) is 8.25. The summed E-state index contributed by atoms with van der Waals surface area (Å²) in [6.07, 6.45) is 0. The average molecular weight is 170 g/mol. The molecule has 1 N–H and O–H groups in total. The molecule has 0 aliphatic heterocycles. The molecule has 0 fully saturated rings. The maximum absolute atomic E-state index is 10.6. The lowest BCUT2D eigenvalue weighted by molar-refractivity contribution is 0.315. The lowest BCUT2D eigenvalue weighted by atomic mass is 11.5. The van der Waals surface area contributed by atoms with E-state index in [0.29, 0.717) is 0 Å². The van der Waals surface area contributed by atoms with E-state index in [9.17, 15) is 4.57 Å². The fourth-order valence-electron chi connectivity index (χ4n) is 0.190. The maximum atomic E-state index is 10.6. The summed E-state index contributed by atoms with van der Waals surface area (Å²) >= 11 is 4.33. The first-order chi connectivity index (χ1) is 4.04. The number of methoxy groups -OCH3 is 1. The Bertz CT molecular complexity index is 156. The van der Waals surface area contributed by atoms with Gasteiger partial charge in [0.15, 0.2) is 0 Å². The van der Waals surface area contributed by atoms with Gasteiger partial charge in [-0.25, -0.2) is 0 Å². The van der Waals surface area contributed by atoms with E-state index >= 15 is 0 Å². The minimum absolute atomic E-state index is 0.412. The quantitative estimate of drug-likeness (QED) is 0.489. The summed E-state index contributed by atoms with van der Waals surface area (Å²) in [6.45, 7) is 0. The second-order valence-corrected chi connectivity index (χ2v) is 3.66. The third-order valence-corrected chi connectivity index (χ3v) is 2.65. The fraction of sp³-hybridized carbons (Fsp3) is 0.667. The van der Waals surface area contributed by atoms with E-state index in [1.165, 1.54) is 7.11 Å². The zero-order valence-electron chi connectivity index (χ0n) is 5.03. The van der Waals surface area contributed by atoms with Crippen molar-refractivity contribution in [2.75, 3.05) is 14.2 Å². The highest BCUT2D eigenvalue weighted by Crippen LogP contribution is 2.42. The topological polar surface area (TPSA) is 55.8 Å². The van der Waals surface area contributed by atoms with Crippen molar-refractivity contribution in [2.24, 2.45) is 0 Å². The summed E-state index contributed by atoms with van der Waals surface area (Å²) in [5, 5.41) is 0. The molecule has 0 spiro atoms. The van der Waals surface area contributed by atoms with Crippen LogP contribution in [0.25, 0.3) is 0 Å². The molecule has 0 rings (SSSR count). The predicted molar refractivity (Wildman–Crippen MR) is 36.4 cm³/mol. The fourth-order valence-corrected chi connectivity index (χ4v) is 0.793. The van der Waals surface area contributed by atoms with Gasteiger partial charge in [0.2, 0.25) is 0 Å². The molecule has 9 heavy (non-hydrogen) atoms. The van der Waals surface area contributed by atoms with Crippen molar-refractivity contribution in [2.45, 2.75) is 0 Å². The molecule has 4 nitrogen and oxygen atoms in total. The Hall–Kier alpha value is 0.0400.